The smallest absolute Gasteiger partial charge is 0.244 e. The molecule has 3 fully saturated rings. The van der Waals surface area contributed by atoms with Gasteiger partial charge >= 0.3 is 0 Å². The van der Waals surface area contributed by atoms with Crippen molar-refractivity contribution >= 4 is 23.4 Å². The number of amides is 3. The van der Waals surface area contributed by atoms with E-state index in [1.165, 1.54) is 19.1 Å². The number of rotatable bonds is 6. The molecule has 0 unspecified atom stereocenters. The fourth-order valence-corrected chi connectivity index (χ4v) is 5.94. The number of piperidine rings is 1. The fourth-order valence-electron chi connectivity index (χ4n) is 5.94. The first kappa shape index (κ1) is 25.4. The Balaban J connectivity index is 1.24. The zero-order chi connectivity index (χ0) is 25.2. The van der Waals surface area contributed by atoms with Gasteiger partial charge in [0.25, 0.3) is 0 Å². The first-order chi connectivity index (χ1) is 16.7. The van der Waals surface area contributed by atoms with Gasteiger partial charge in [0.15, 0.2) is 0 Å². The van der Waals surface area contributed by atoms with E-state index in [0.29, 0.717) is 25.9 Å². The molecular formula is C26H38FN5O3. The first-order valence-corrected chi connectivity index (χ1v) is 12.7. The topological polar surface area (TPSA) is 76.2 Å². The zero-order valence-corrected chi connectivity index (χ0v) is 21.1. The number of piperazine rings is 1. The Morgan fingerprint density at radius 3 is 2.31 bits per heavy atom. The molecule has 1 aromatic rings. The van der Waals surface area contributed by atoms with E-state index in [2.05, 4.69) is 15.1 Å². The van der Waals surface area contributed by atoms with Gasteiger partial charge < -0.3 is 20.0 Å². The van der Waals surface area contributed by atoms with Crippen molar-refractivity contribution in [3.05, 3.63) is 30.1 Å². The first-order valence-electron chi connectivity index (χ1n) is 12.7. The summed E-state index contributed by atoms with van der Waals surface area (Å²) in [5.74, 6) is -0.292. The van der Waals surface area contributed by atoms with Gasteiger partial charge in [-0.1, -0.05) is 0 Å². The maximum Gasteiger partial charge on any atom is 0.244 e. The van der Waals surface area contributed by atoms with E-state index >= 15 is 0 Å². The van der Waals surface area contributed by atoms with Gasteiger partial charge in [0, 0.05) is 71.5 Å². The van der Waals surface area contributed by atoms with Gasteiger partial charge in [0.05, 0.1) is 5.41 Å². The lowest BCUT2D eigenvalue weighted by atomic mass is 9.75. The monoisotopic (exact) mass is 487 g/mol. The number of halogens is 1. The molecule has 8 nitrogen and oxygen atoms in total. The Hall–Kier alpha value is -2.68. The third-order valence-electron chi connectivity index (χ3n) is 8.11. The highest BCUT2D eigenvalue weighted by molar-refractivity contribution is 5.88. The highest BCUT2D eigenvalue weighted by Crippen LogP contribution is 2.44. The molecule has 2 atom stereocenters. The van der Waals surface area contributed by atoms with Gasteiger partial charge in [-0.3, -0.25) is 19.3 Å². The Kier molecular flexibility index (Phi) is 7.64. The normalized spacial score (nSPS) is 23.6. The van der Waals surface area contributed by atoms with Crippen molar-refractivity contribution in [2.24, 2.45) is 5.41 Å². The zero-order valence-electron chi connectivity index (χ0n) is 21.1. The molecule has 0 saturated carbocycles. The van der Waals surface area contributed by atoms with Crippen LogP contribution in [0.3, 0.4) is 0 Å². The minimum absolute atomic E-state index is 0.0785. The molecule has 0 bridgehead atoms. The van der Waals surface area contributed by atoms with E-state index in [1.807, 2.05) is 24.1 Å². The van der Waals surface area contributed by atoms with Crippen molar-refractivity contribution in [1.29, 1.82) is 0 Å². The molecule has 0 radical (unpaired) electrons. The molecule has 0 aromatic heterocycles. The van der Waals surface area contributed by atoms with E-state index in [1.54, 1.807) is 11.8 Å². The lowest BCUT2D eigenvalue weighted by Crippen LogP contribution is -2.51. The number of anilines is 1. The van der Waals surface area contributed by atoms with Gasteiger partial charge in [0.1, 0.15) is 11.9 Å². The summed E-state index contributed by atoms with van der Waals surface area (Å²) in [6, 6.07) is 6.37. The van der Waals surface area contributed by atoms with Crippen molar-refractivity contribution in [2.45, 2.75) is 51.6 Å². The highest BCUT2D eigenvalue weighted by Gasteiger charge is 2.51. The van der Waals surface area contributed by atoms with E-state index in [0.717, 1.165) is 51.3 Å². The SMILES string of the molecule is CC(=O)N[C@@H](C)C(=O)N1CCC2(CC1)C[C@H](CCN1CCN(c3ccc(F)cc3)CC1)N(C)C2=O. The largest absolute Gasteiger partial charge is 0.369 e. The third kappa shape index (κ3) is 5.60. The number of carbonyl (C=O) groups is 3. The van der Waals surface area contributed by atoms with Crippen molar-refractivity contribution in [3.8, 4) is 0 Å². The number of hydrogen-bond donors (Lipinski definition) is 1. The minimum Gasteiger partial charge on any atom is -0.369 e. The van der Waals surface area contributed by atoms with Gasteiger partial charge in [0.2, 0.25) is 17.7 Å². The van der Waals surface area contributed by atoms with Gasteiger partial charge in [-0.15, -0.1) is 0 Å². The quantitative estimate of drug-likeness (QED) is 0.661. The summed E-state index contributed by atoms with van der Waals surface area (Å²) in [5.41, 5.74) is 0.694. The molecule has 1 aromatic carbocycles. The lowest BCUT2D eigenvalue weighted by molar-refractivity contribution is -0.143. The Morgan fingerprint density at radius 1 is 1.09 bits per heavy atom. The molecule has 3 amide bonds. The van der Waals surface area contributed by atoms with E-state index in [4.69, 9.17) is 0 Å². The van der Waals surface area contributed by atoms with E-state index < -0.39 is 6.04 Å². The van der Waals surface area contributed by atoms with Crippen LogP contribution in [-0.4, -0.2) is 97.4 Å². The maximum absolute atomic E-state index is 13.2. The Morgan fingerprint density at radius 2 is 1.71 bits per heavy atom. The number of nitrogens with zero attached hydrogens (tertiary/aromatic N) is 4. The van der Waals surface area contributed by atoms with Crippen LogP contribution >= 0.6 is 0 Å². The number of benzene rings is 1. The lowest BCUT2D eigenvalue weighted by Gasteiger charge is -2.38. The molecule has 35 heavy (non-hydrogen) atoms. The van der Waals surface area contributed by atoms with Gasteiger partial charge in [-0.2, -0.15) is 0 Å². The van der Waals surface area contributed by atoms with E-state index in [9.17, 15) is 18.8 Å². The molecule has 1 spiro atoms. The second-order valence-corrected chi connectivity index (χ2v) is 10.4. The van der Waals surface area contributed by atoms with Crippen molar-refractivity contribution in [3.63, 3.8) is 0 Å². The Labute approximate surface area is 207 Å². The third-order valence-corrected chi connectivity index (χ3v) is 8.11. The van der Waals surface area contributed by atoms with Crippen LogP contribution in [0.4, 0.5) is 10.1 Å². The molecule has 0 aliphatic carbocycles. The summed E-state index contributed by atoms with van der Waals surface area (Å²) in [7, 11) is 1.92. The molecular weight excluding hydrogens is 449 g/mol. The molecule has 3 heterocycles. The van der Waals surface area contributed by atoms with Crippen LogP contribution < -0.4 is 10.2 Å². The second kappa shape index (κ2) is 10.5. The Bertz CT molecular complexity index is 923. The van der Waals surface area contributed by atoms with Crippen LogP contribution in [0.15, 0.2) is 24.3 Å². The summed E-state index contributed by atoms with van der Waals surface area (Å²) in [6.07, 6.45) is 3.16. The summed E-state index contributed by atoms with van der Waals surface area (Å²) >= 11 is 0. The summed E-state index contributed by atoms with van der Waals surface area (Å²) in [6.45, 7) is 8.92. The standard InChI is InChI=1S/C26H38FN5O3/c1-19(28-20(2)33)24(34)32-12-9-26(10-13-32)18-23(29(3)25(26)35)8-11-30-14-16-31(17-15-30)22-6-4-21(27)5-7-22/h4-7,19,23H,8-18H2,1-3H3,(H,28,33)/t19-,23-/m0/s1. The molecule has 3 aliphatic heterocycles. The predicted molar refractivity (Wildman–Crippen MR) is 132 cm³/mol. The number of carbonyl (C=O) groups excluding carboxylic acids is 3. The maximum atomic E-state index is 13.2. The van der Waals surface area contributed by atoms with Crippen molar-refractivity contribution in [1.82, 2.24) is 20.0 Å². The summed E-state index contributed by atoms with van der Waals surface area (Å²) in [4.78, 5) is 45.6. The van der Waals surface area contributed by atoms with Crippen LogP contribution in [0.5, 0.6) is 0 Å². The average Bonchev–Trinajstić information content (AvgIpc) is 3.08. The van der Waals surface area contributed by atoms with Crippen molar-refractivity contribution in [2.75, 3.05) is 57.8 Å². The minimum atomic E-state index is -0.542. The molecule has 192 valence electrons. The van der Waals surface area contributed by atoms with Crippen LogP contribution in [0.1, 0.15) is 39.5 Å². The van der Waals surface area contributed by atoms with Crippen molar-refractivity contribution < 1.29 is 18.8 Å². The summed E-state index contributed by atoms with van der Waals surface area (Å²) < 4.78 is 13.2. The second-order valence-electron chi connectivity index (χ2n) is 10.4. The van der Waals surface area contributed by atoms with Crippen LogP contribution in [0.25, 0.3) is 0 Å². The molecule has 4 rings (SSSR count). The number of likely N-dealkylation sites (tertiary alicyclic amines) is 2. The van der Waals surface area contributed by atoms with Crippen LogP contribution in [-0.2, 0) is 14.4 Å². The predicted octanol–water partition coefficient (Wildman–Crippen LogP) is 1.70. The van der Waals surface area contributed by atoms with Crippen LogP contribution in [0.2, 0.25) is 0 Å². The highest BCUT2D eigenvalue weighted by atomic mass is 19.1. The van der Waals surface area contributed by atoms with Gasteiger partial charge in [-0.05, 0) is 56.9 Å². The molecule has 3 aliphatic rings. The fraction of sp³-hybridized carbons (Fsp3) is 0.654. The summed E-state index contributed by atoms with van der Waals surface area (Å²) in [5, 5.41) is 2.66. The molecule has 9 heteroatoms. The molecule has 3 saturated heterocycles. The van der Waals surface area contributed by atoms with E-state index in [-0.39, 0.29) is 35.0 Å². The number of hydrogen-bond acceptors (Lipinski definition) is 5. The molecule has 1 N–H and O–H groups in total. The number of nitrogens with one attached hydrogen (secondary N) is 1. The average molecular weight is 488 g/mol. The van der Waals surface area contributed by atoms with Crippen LogP contribution in [0, 0.1) is 11.2 Å². The van der Waals surface area contributed by atoms with Gasteiger partial charge in [-0.25, -0.2) is 4.39 Å².